The fraction of sp³-hybridized carbons (Fsp3) is 0.0769. The minimum absolute atomic E-state index is 0.0582. The first-order chi connectivity index (χ1) is 9.58. The van der Waals surface area contributed by atoms with Gasteiger partial charge >= 0.3 is 6.61 Å². The summed E-state index contributed by atoms with van der Waals surface area (Å²) in [5, 5.41) is 11.9. The maximum atomic E-state index is 12.2. The van der Waals surface area contributed by atoms with Crippen LogP contribution in [0.1, 0.15) is 10.5 Å². The lowest BCUT2D eigenvalue weighted by molar-refractivity contribution is -0.0493. The molecule has 0 fully saturated rings. The maximum Gasteiger partial charge on any atom is 0.387 e. The smallest absolute Gasteiger partial charge is 0.387 e. The van der Waals surface area contributed by atoms with Crippen molar-refractivity contribution in [3.8, 4) is 11.5 Å². The molecule has 0 bridgehead atoms. The van der Waals surface area contributed by atoms with Gasteiger partial charge in [-0.3, -0.25) is 4.79 Å². The summed E-state index contributed by atoms with van der Waals surface area (Å²) in [6, 6.07) is 8.48. The molecule has 7 heteroatoms. The molecule has 2 N–H and O–H groups in total. The summed E-state index contributed by atoms with van der Waals surface area (Å²) < 4.78 is 28.8. The van der Waals surface area contributed by atoms with Crippen molar-refractivity contribution in [2.24, 2.45) is 0 Å². The van der Waals surface area contributed by atoms with Crippen LogP contribution in [-0.2, 0) is 0 Å². The second kappa shape index (κ2) is 5.96. The van der Waals surface area contributed by atoms with Gasteiger partial charge < -0.3 is 15.2 Å². The van der Waals surface area contributed by atoms with Gasteiger partial charge in [-0.25, -0.2) is 4.98 Å². The zero-order valence-corrected chi connectivity index (χ0v) is 10.1. The molecule has 0 aliphatic carbocycles. The van der Waals surface area contributed by atoms with Gasteiger partial charge in [-0.2, -0.15) is 8.78 Å². The Morgan fingerprint density at radius 3 is 2.70 bits per heavy atom. The van der Waals surface area contributed by atoms with Gasteiger partial charge in [-0.15, -0.1) is 0 Å². The number of alkyl halides is 2. The van der Waals surface area contributed by atoms with Crippen LogP contribution in [-0.4, -0.2) is 22.6 Å². The van der Waals surface area contributed by atoms with Gasteiger partial charge in [0.1, 0.15) is 11.5 Å². The second-order valence-corrected chi connectivity index (χ2v) is 3.70. The Hall–Kier alpha value is -2.70. The SMILES string of the molecule is O=C(Nc1ccccc1OC(F)F)c1ncccc1O. The van der Waals surface area contributed by atoms with E-state index in [1.54, 1.807) is 6.07 Å². The van der Waals surface area contributed by atoms with Crippen LogP contribution in [0.25, 0.3) is 0 Å². The molecule has 0 aliphatic heterocycles. The number of para-hydroxylation sites is 2. The highest BCUT2D eigenvalue weighted by molar-refractivity contribution is 6.05. The highest BCUT2D eigenvalue weighted by Gasteiger charge is 2.15. The normalized spacial score (nSPS) is 10.3. The molecule has 1 amide bonds. The van der Waals surface area contributed by atoms with Gasteiger partial charge in [0, 0.05) is 6.20 Å². The minimum atomic E-state index is -3.00. The van der Waals surface area contributed by atoms with E-state index in [0.29, 0.717) is 0 Å². The van der Waals surface area contributed by atoms with E-state index in [1.807, 2.05) is 0 Å². The number of pyridine rings is 1. The van der Waals surface area contributed by atoms with Crippen molar-refractivity contribution in [3.05, 3.63) is 48.3 Å². The lowest BCUT2D eigenvalue weighted by Crippen LogP contribution is -2.15. The zero-order valence-electron chi connectivity index (χ0n) is 10.1. The average molecular weight is 280 g/mol. The molecule has 0 saturated carbocycles. The van der Waals surface area contributed by atoms with Gasteiger partial charge in [-0.05, 0) is 24.3 Å². The molecule has 5 nitrogen and oxygen atoms in total. The molecule has 0 saturated heterocycles. The van der Waals surface area contributed by atoms with Crippen LogP contribution in [0.2, 0.25) is 0 Å². The number of carbonyl (C=O) groups excluding carboxylic acids is 1. The fourth-order valence-corrected chi connectivity index (χ4v) is 1.52. The second-order valence-electron chi connectivity index (χ2n) is 3.70. The first-order valence-electron chi connectivity index (χ1n) is 5.57. The van der Waals surface area contributed by atoms with E-state index in [2.05, 4.69) is 15.0 Å². The Morgan fingerprint density at radius 2 is 2.00 bits per heavy atom. The van der Waals surface area contributed by atoms with E-state index in [0.717, 1.165) is 0 Å². The number of carbonyl (C=O) groups is 1. The summed E-state index contributed by atoms with van der Waals surface area (Å²) in [7, 11) is 0. The molecule has 2 rings (SSSR count). The quantitative estimate of drug-likeness (QED) is 0.903. The largest absolute Gasteiger partial charge is 0.505 e. The Kier molecular flexibility index (Phi) is 4.09. The van der Waals surface area contributed by atoms with Crippen molar-refractivity contribution in [2.45, 2.75) is 6.61 Å². The molecule has 0 radical (unpaired) electrons. The van der Waals surface area contributed by atoms with Gasteiger partial charge in [-0.1, -0.05) is 12.1 Å². The molecule has 0 unspecified atom stereocenters. The van der Waals surface area contributed by atoms with Crippen molar-refractivity contribution in [3.63, 3.8) is 0 Å². The van der Waals surface area contributed by atoms with Crippen LogP contribution in [0.15, 0.2) is 42.6 Å². The number of benzene rings is 1. The van der Waals surface area contributed by atoms with E-state index in [4.69, 9.17) is 0 Å². The van der Waals surface area contributed by atoms with Crippen LogP contribution < -0.4 is 10.1 Å². The molecular formula is C13H10F2N2O3. The number of hydrogen-bond acceptors (Lipinski definition) is 4. The summed E-state index contributed by atoms with van der Waals surface area (Å²) in [5.41, 5.74) is -0.151. The molecule has 1 aromatic carbocycles. The van der Waals surface area contributed by atoms with Gasteiger partial charge in [0.05, 0.1) is 5.69 Å². The van der Waals surface area contributed by atoms with Crippen molar-refractivity contribution in [1.82, 2.24) is 4.98 Å². The molecule has 104 valence electrons. The van der Waals surface area contributed by atoms with Gasteiger partial charge in [0.15, 0.2) is 5.69 Å². The number of nitrogens with zero attached hydrogens (tertiary/aromatic N) is 1. The first-order valence-corrected chi connectivity index (χ1v) is 5.57. The maximum absolute atomic E-state index is 12.2. The number of ether oxygens (including phenoxy) is 1. The molecule has 1 aromatic heterocycles. The lowest BCUT2D eigenvalue weighted by Gasteiger charge is -2.11. The Bertz CT molecular complexity index is 620. The Morgan fingerprint density at radius 1 is 1.25 bits per heavy atom. The summed E-state index contributed by atoms with van der Waals surface area (Å²) in [6.45, 7) is -3.00. The third-order valence-electron chi connectivity index (χ3n) is 2.35. The third kappa shape index (κ3) is 3.19. The summed E-state index contributed by atoms with van der Waals surface area (Å²) in [6.07, 6.45) is 1.33. The van der Waals surface area contributed by atoms with Crippen molar-refractivity contribution >= 4 is 11.6 Å². The van der Waals surface area contributed by atoms with Crippen LogP contribution >= 0.6 is 0 Å². The van der Waals surface area contributed by atoms with Crippen LogP contribution in [0.4, 0.5) is 14.5 Å². The van der Waals surface area contributed by atoms with E-state index < -0.39 is 12.5 Å². The number of amides is 1. The summed E-state index contributed by atoms with van der Waals surface area (Å²) >= 11 is 0. The fourth-order valence-electron chi connectivity index (χ4n) is 1.52. The van der Waals surface area contributed by atoms with Crippen molar-refractivity contribution in [1.29, 1.82) is 0 Å². The molecule has 0 spiro atoms. The minimum Gasteiger partial charge on any atom is -0.505 e. The van der Waals surface area contributed by atoms with Crippen LogP contribution in [0.3, 0.4) is 0 Å². The number of aromatic hydroxyl groups is 1. The molecular weight excluding hydrogens is 270 g/mol. The summed E-state index contributed by atoms with van der Waals surface area (Å²) in [5.74, 6) is -1.21. The molecule has 0 atom stereocenters. The number of halogens is 2. The first kappa shape index (κ1) is 13.7. The monoisotopic (exact) mass is 280 g/mol. The number of nitrogens with one attached hydrogen (secondary N) is 1. The van der Waals surface area contributed by atoms with E-state index in [1.165, 1.54) is 36.5 Å². The van der Waals surface area contributed by atoms with E-state index in [-0.39, 0.29) is 22.9 Å². The lowest BCUT2D eigenvalue weighted by atomic mass is 10.2. The molecule has 1 heterocycles. The summed E-state index contributed by atoms with van der Waals surface area (Å²) in [4.78, 5) is 15.6. The number of anilines is 1. The van der Waals surface area contributed by atoms with Gasteiger partial charge in [0.25, 0.3) is 5.91 Å². The zero-order chi connectivity index (χ0) is 14.5. The van der Waals surface area contributed by atoms with Crippen LogP contribution in [0.5, 0.6) is 11.5 Å². The predicted molar refractivity (Wildman–Crippen MR) is 66.9 cm³/mol. The van der Waals surface area contributed by atoms with E-state index in [9.17, 15) is 18.7 Å². The average Bonchev–Trinajstić information content (AvgIpc) is 2.41. The molecule has 0 aliphatic rings. The third-order valence-corrected chi connectivity index (χ3v) is 2.35. The number of hydrogen-bond donors (Lipinski definition) is 2. The Labute approximate surface area is 112 Å². The van der Waals surface area contributed by atoms with E-state index >= 15 is 0 Å². The van der Waals surface area contributed by atoms with Crippen molar-refractivity contribution < 1.29 is 23.4 Å². The predicted octanol–water partition coefficient (Wildman–Crippen LogP) is 2.64. The van der Waals surface area contributed by atoms with Gasteiger partial charge in [0.2, 0.25) is 0 Å². The topological polar surface area (TPSA) is 71.5 Å². The molecule has 2 aromatic rings. The van der Waals surface area contributed by atoms with Crippen LogP contribution in [0, 0.1) is 0 Å². The Balaban J connectivity index is 2.22. The highest BCUT2D eigenvalue weighted by atomic mass is 19.3. The number of rotatable bonds is 4. The highest BCUT2D eigenvalue weighted by Crippen LogP contribution is 2.26. The molecule has 20 heavy (non-hydrogen) atoms. The number of aromatic nitrogens is 1. The standard InChI is InChI=1S/C13H10F2N2O3/c14-13(15)20-10-6-2-1-4-8(10)17-12(19)11-9(18)5-3-7-16-11/h1-7,13,18H,(H,17,19). The van der Waals surface area contributed by atoms with Crippen molar-refractivity contribution in [2.75, 3.05) is 5.32 Å².